The Bertz CT molecular complexity index is 956. The van der Waals surface area contributed by atoms with Crippen LogP contribution in [-0.4, -0.2) is 52.9 Å². The first kappa shape index (κ1) is 36.6. The van der Waals surface area contributed by atoms with Gasteiger partial charge >= 0.3 is 0 Å². The Kier molecular flexibility index (Phi) is 22.0. The third-order valence-corrected chi connectivity index (χ3v) is 7.83. The number of methoxy groups -OCH3 is 2. The van der Waals surface area contributed by atoms with E-state index in [1.54, 1.807) is 14.2 Å². The van der Waals surface area contributed by atoms with E-state index in [1.807, 2.05) is 30.3 Å². The van der Waals surface area contributed by atoms with Crippen molar-refractivity contribution in [1.29, 1.82) is 0 Å². The number of hydrogen-bond acceptors (Lipinski definition) is 6. The zero-order valence-electron chi connectivity index (χ0n) is 27.2. The molecule has 0 spiro atoms. The fourth-order valence-electron chi connectivity index (χ4n) is 5.23. The Morgan fingerprint density at radius 1 is 0.512 bits per heavy atom. The Morgan fingerprint density at radius 3 is 1.40 bits per heavy atom. The average Bonchev–Trinajstić information content (AvgIpc) is 3.04. The van der Waals surface area contributed by atoms with Crippen molar-refractivity contribution < 1.29 is 14.3 Å². The van der Waals surface area contributed by atoms with Gasteiger partial charge in [-0.1, -0.05) is 81.3 Å². The van der Waals surface area contributed by atoms with Crippen LogP contribution in [0, 0.1) is 0 Å². The number of amides is 1. The lowest BCUT2D eigenvalue weighted by Crippen LogP contribution is -2.24. The van der Waals surface area contributed by atoms with Crippen molar-refractivity contribution in [2.45, 2.75) is 103 Å². The number of ether oxygens (including phenoxy) is 2. The quantitative estimate of drug-likeness (QED) is 0.0814. The maximum atomic E-state index is 12.1. The lowest BCUT2D eigenvalue weighted by molar-refractivity contribution is -0.121. The second kappa shape index (κ2) is 25.8. The molecule has 2 aromatic rings. The molecule has 4 N–H and O–H groups in total. The molecule has 0 radical (unpaired) electrons. The van der Waals surface area contributed by atoms with Crippen LogP contribution in [0.4, 0.5) is 0 Å². The molecule has 0 bridgehead atoms. The first-order valence-corrected chi connectivity index (χ1v) is 16.9. The second-order valence-corrected chi connectivity index (χ2v) is 11.4. The van der Waals surface area contributed by atoms with E-state index in [-0.39, 0.29) is 5.91 Å². The standard InChI is InChI=1S/C36H60N4O3/c1-42-34-22-13-11-20-32(34)30-38-27-17-8-7-16-26-37-25-15-5-3-4-6-19-29-40-36(41)24-10-9-18-28-39-31-33-21-12-14-23-35(33)43-2/h11-14,20-23,37-39H,3-10,15-19,24-31H2,1-2H3,(H,40,41). The van der Waals surface area contributed by atoms with E-state index in [9.17, 15) is 4.79 Å². The Morgan fingerprint density at radius 2 is 0.907 bits per heavy atom. The molecule has 7 heteroatoms. The van der Waals surface area contributed by atoms with Crippen LogP contribution < -0.4 is 30.7 Å². The summed E-state index contributed by atoms with van der Waals surface area (Å²) in [5, 5.41) is 13.7. The largest absolute Gasteiger partial charge is 0.496 e. The van der Waals surface area contributed by atoms with Crippen LogP contribution in [0.2, 0.25) is 0 Å². The fourth-order valence-corrected chi connectivity index (χ4v) is 5.23. The third-order valence-electron chi connectivity index (χ3n) is 7.83. The van der Waals surface area contributed by atoms with Gasteiger partial charge in [0, 0.05) is 37.2 Å². The molecule has 0 aliphatic heterocycles. The van der Waals surface area contributed by atoms with Gasteiger partial charge in [-0.05, 0) is 76.8 Å². The molecule has 1 amide bonds. The number of benzene rings is 2. The molecule has 0 saturated carbocycles. The van der Waals surface area contributed by atoms with E-state index in [0.717, 1.165) is 83.0 Å². The number of hydrogen-bond donors (Lipinski definition) is 4. The van der Waals surface area contributed by atoms with E-state index < -0.39 is 0 Å². The Balaban J connectivity index is 1.24. The van der Waals surface area contributed by atoms with Gasteiger partial charge in [-0.2, -0.15) is 0 Å². The van der Waals surface area contributed by atoms with Gasteiger partial charge in [0.15, 0.2) is 0 Å². The van der Waals surface area contributed by atoms with Crippen molar-refractivity contribution in [2.75, 3.05) is 46.9 Å². The molecule has 0 heterocycles. The minimum Gasteiger partial charge on any atom is -0.496 e. The van der Waals surface area contributed by atoms with E-state index in [0.29, 0.717) is 6.42 Å². The highest BCUT2D eigenvalue weighted by Gasteiger charge is 2.03. The zero-order chi connectivity index (χ0) is 30.6. The first-order chi connectivity index (χ1) is 21.2. The SMILES string of the molecule is COc1ccccc1CNCCCCCCNCCCCCCCCNC(=O)CCCCCNCc1ccccc1OC. The number of carbonyl (C=O) groups excluding carboxylic acids is 1. The smallest absolute Gasteiger partial charge is 0.219 e. The van der Waals surface area contributed by atoms with Crippen molar-refractivity contribution >= 4 is 5.91 Å². The number of para-hydroxylation sites is 2. The van der Waals surface area contributed by atoms with Crippen molar-refractivity contribution in [3.63, 3.8) is 0 Å². The average molecular weight is 597 g/mol. The molecule has 43 heavy (non-hydrogen) atoms. The van der Waals surface area contributed by atoms with Gasteiger partial charge in [0.05, 0.1) is 14.2 Å². The topological polar surface area (TPSA) is 83.7 Å². The molecule has 0 fully saturated rings. The van der Waals surface area contributed by atoms with Crippen LogP contribution >= 0.6 is 0 Å². The van der Waals surface area contributed by atoms with Crippen LogP contribution in [0.3, 0.4) is 0 Å². The molecular formula is C36H60N4O3. The lowest BCUT2D eigenvalue weighted by Gasteiger charge is -2.09. The van der Waals surface area contributed by atoms with Crippen LogP contribution in [0.5, 0.6) is 11.5 Å². The predicted octanol–water partition coefficient (Wildman–Crippen LogP) is 6.75. The molecule has 242 valence electrons. The van der Waals surface area contributed by atoms with E-state index in [1.165, 1.54) is 68.9 Å². The van der Waals surface area contributed by atoms with Gasteiger partial charge < -0.3 is 30.7 Å². The molecule has 0 aliphatic rings. The summed E-state index contributed by atoms with van der Waals surface area (Å²) in [4.78, 5) is 12.1. The summed E-state index contributed by atoms with van der Waals surface area (Å²) in [5.74, 6) is 2.10. The molecule has 2 aromatic carbocycles. The van der Waals surface area contributed by atoms with E-state index in [4.69, 9.17) is 9.47 Å². The summed E-state index contributed by atoms with van der Waals surface area (Å²) in [6, 6.07) is 16.3. The maximum Gasteiger partial charge on any atom is 0.219 e. The van der Waals surface area contributed by atoms with Crippen LogP contribution in [0.15, 0.2) is 48.5 Å². The van der Waals surface area contributed by atoms with Gasteiger partial charge in [-0.3, -0.25) is 4.79 Å². The highest BCUT2D eigenvalue weighted by Crippen LogP contribution is 2.17. The summed E-state index contributed by atoms with van der Waals surface area (Å²) < 4.78 is 10.8. The summed E-state index contributed by atoms with van der Waals surface area (Å²) in [6.07, 6.45) is 16.2. The van der Waals surface area contributed by atoms with E-state index in [2.05, 4.69) is 39.5 Å². The van der Waals surface area contributed by atoms with Crippen LogP contribution in [0.25, 0.3) is 0 Å². The van der Waals surface area contributed by atoms with Crippen LogP contribution in [0.1, 0.15) is 101 Å². The van der Waals surface area contributed by atoms with Crippen molar-refractivity contribution in [1.82, 2.24) is 21.3 Å². The first-order valence-electron chi connectivity index (χ1n) is 16.9. The maximum absolute atomic E-state index is 12.1. The van der Waals surface area contributed by atoms with Gasteiger partial charge in [0.2, 0.25) is 5.91 Å². The van der Waals surface area contributed by atoms with Crippen LogP contribution in [-0.2, 0) is 17.9 Å². The third kappa shape index (κ3) is 18.6. The summed E-state index contributed by atoms with van der Waals surface area (Å²) in [6.45, 7) is 6.79. The molecule has 0 saturated heterocycles. The molecule has 0 unspecified atom stereocenters. The zero-order valence-corrected chi connectivity index (χ0v) is 27.2. The number of rotatable bonds is 28. The van der Waals surface area contributed by atoms with Crippen molar-refractivity contribution in [2.24, 2.45) is 0 Å². The summed E-state index contributed by atoms with van der Waals surface area (Å²) in [5.41, 5.74) is 2.40. The minimum absolute atomic E-state index is 0.203. The predicted molar refractivity (Wildman–Crippen MR) is 180 cm³/mol. The molecule has 0 aliphatic carbocycles. The van der Waals surface area contributed by atoms with Gasteiger partial charge in [0.25, 0.3) is 0 Å². The highest BCUT2D eigenvalue weighted by atomic mass is 16.5. The Labute approximate surface area is 262 Å². The molecule has 0 aromatic heterocycles. The minimum atomic E-state index is 0.203. The normalized spacial score (nSPS) is 11.0. The van der Waals surface area contributed by atoms with E-state index >= 15 is 0 Å². The molecule has 0 atom stereocenters. The second-order valence-electron chi connectivity index (χ2n) is 11.4. The van der Waals surface area contributed by atoms with Crippen molar-refractivity contribution in [3.05, 3.63) is 59.7 Å². The molecular weight excluding hydrogens is 536 g/mol. The lowest BCUT2D eigenvalue weighted by atomic mass is 10.1. The van der Waals surface area contributed by atoms with Gasteiger partial charge in [-0.15, -0.1) is 0 Å². The van der Waals surface area contributed by atoms with Gasteiger partial charge in [0.1, 0.15) is 11.5 Å². The number of unbranched alkanes of at least 4 members (excludes halogenated alkanes) is 10. The summed E-state index contributed by atoms with van der Waals surface area (Å²) >= 11 is 0. The van der Waals surface area contributed by atoms with Crippen molar-refractivity contribution in [3.8, 4) is 11.5 Å². The van der Waals surface area contributed by atoms with Gasteiger partial charge in [-0.25, -0.2) is 0 Å². The summed E-state index contributed by atoms with van der Waals surface area (Å²) in [7, 11) is 3.44. The monoisotopic (exact) mass is 596 g/mol. The molecule has 7 nitrogen and oxygen atoms in total. The number of nitrogens with one attached hydrogen (secondary N) is 4. The fraction of sp³-hybridized carbons (Fsp3) is 0.639. The highest BCUT2D eigenvalue weighted by molar-refractivity contribution is 5.75. The number of carbonyl (C=O) groups is 1. The Hall–Kier alpha value is -2.61. The molecule has 2 rings (SSSR count).